The zero-order chi connectivity index (χ0) is 17.8. The molecule has 0 aliphatic carbocycles. The van der Waals surface area contributed by atoms with E-state index < -0.39 is 5.25 Å². The lowest BCUT2D eigenvalue weighted by molar-refractivity contribution is -0.115. The fourth-order valence-corrected chi connectivity index (χ4v) is 2.82. The molecule has 0 spiro atoms. The number of thioether (sulfide) groups is 1. The van der Waals surface area contributed by atoms with Crippen LogP contribution in [0.15, 0.2) is 52.2 Å². The largest absolute Gasteiger partial charge is 0.461 e. The molecule has 3 aromatic rings. The summed E-state index contributed by atoms with van der Waals surface area (Å²) < 4.78 is 6.53. The minimum absolute atomic E-state index is 0.234. The summed E-state index contributed by atoms with van der Waals surface area (Å²) in [6.45, 7) is 1.73. The van der Waals surface area contributed by atoms with Crippen molar-refractivity contribution in [3.05, 3.63) is 48.2 Å². The van der Waals surface area contributed by atoms with Crippen LogP contribution in [-0.4, -0.2) is 26.0 Å². The highest BCUT2D eigenvalue weighted by Crippen LogP contribution is 2.25. The van der Waals surface area contributed by atoms with Gasteiger partial charge in [-0.2, -0.15) is 5.26 Å². The van der Waals surface area contributed by atoms with Crippen molar-refractivity contribution >= 4 is 23.4 Å². The quantitative estimate of drug-likeness (QED) is 0.532. The third-order valence-electron chi connectivity index (χ3n) is 3.32. The molecule has 2 aromatic heterocycles. The van der Waals surface area contributed by atoms with E-state index in [2.05, 4.69) is 15.5 Å². The molecule has 0 aliphatic heterocycles. The predicted octanol–water partition coefficient (Wildman–Crippen LogP) is 2.24. The van der Waals surface area contributed by atoms with Crippen LogP contribution in [0, 0.1) is 11.3 Å². The van der Waals surface area contributed by atoms with Gasteiger partial charge in [0.2, 0.25) is 16.9 Å². The molecule has 9 heteroatoms. The average Bonchev–Trinajstić information content (AvgIpc) is 3.25. The van der Waals surface area contributed by atoms with E-state index in [0.717, 1.165) is 0 Å². The predicted molar refractivity (Wildman–Crippen MR) is 93.0 cm³/mol. The number of nitrogen functional groups attached to an aromatic ring is 1. The lowest BCUT2D eigenvalue weighted by Gasteiger charge is -2.11. The lowest BCUT2D eigenvalue weighted by atomic mass is 10.2. The number of nitrogens with one attached hydrogen (secondary N) is 1. The molecule has 0 fully saturated rings. The van der Waals surface area contributed by atoms with Gasteiger partial charge in [-0.1, -0.05) is 17.8 Å². The van der Waals surface area contributed by atoms with Crippen LogP contribution in [0.5, 0.6) is 0 Å². The molecule has 1 atom stereocenters. The van der Waals surface area contributed by atoms with Crippen LogP contribution in [0.1, 0.15) is 12.5 Å². The van der Waals surface area contributed by atoms with Crippen molar-refractivity contribution in [3.63, 3.8) is 0 Å². The van der Waals surface area contributed by atoms with E-state index in [9.17, 15) is 4.79 Å². The molecule has 1 amide bonds. The first kappa shape index (κ1) is 16.6. The Morgan fingerprint density at radius 1 is 1.40 bits per heavy atom. The molecular weight excluding hydrogens is 340 g/mol. The van der Waals surface area contributed by atoms with Gasteiger partial charge in [0.1, 0.15) is 0 Å². The highest BCUT2D eigenvalue weighted by Gasteiger charge is 2.21. The Balaban J connectivity index is 1.69. The van der Waals surface area contributed by atoms with Gasteiger partial charge < -0.3 is 15.6 Å². The zero-order valence-corrected chi connectivity index (χ0v) is 14.0. The van der Waals surface area contributed by atoms with Gasteiger partial charge in [0.25, 0.3) is 0 Å². The number of furan rings is 1. The number of nitriles is 1. The fraction of sp³-hybridized carbons (Fsp3) is 0.125. The molecule has 126 valence electrons. The molecule has 25 heavy (non-hydrogen) atoms. The first-order valence-corrected chi connectivity index (χ1v) is 8.18. The van der Waals surface area contributed by atoms with E-state index in [-0.39, 0.29) is 5.91 Å². The maximum absolute atomic E-state index is 12.3. The molecule has 1 aromatic carbocycles. The fourth-order valence-electron chi connectivity index (χ4n) is 2.05. The van der Waals surface area contributed by atoms with Gasteiger partial charge in [-0.3, -0.25) is 4.79 Å². The number of hydrogen-bond acceptors (Lipinski definition) is 7. The van der Waals surface area contributed by atoms with Crippen molar-refractivity contribution in [3.8, 4) is 17.7 Å². The van der Waals surface area contributed by atoms with Gasteiger partial charge in [-0.05, 0) is 37.3 Å². The monoisotopic (exact) mass is 354 g/mol. The highest BCUT2D eigenvalue weighted by atomic mass is 32.2. The van der Waals surface area contributed by atoms with Crippen LogP contribution in [0.3, 0.4) is 0 Å². The number of carbonyl (C=O) groups excluding carboxylic acids is 1. The van der Waals surface area contributed by atoms with Gasteiger partial charge >= 0.3 is 0 Å². The molecule has 0 saturated heterocycles. The van der Waals surface area contributed by atoms with Crippen molar-refractivity contribution in [2.45, 2.75) is 17.3 Å². The molecule has 0 aliphatic rings. The molecule has 0 radical (unpaired) electrons. The van der Waals surface area contributed by atoms with E-state index in [1.54, 1.807) is 43.3 Å². The van der Waals surface area contributed by atoms with Crippen molar-refractivity contribution in [2.24, 2.45) is 0 Å². The van der Waals surface area contributed by atoms with Gasteiger partial charge in [-0.25, -0.2) is 4.68 Å². The number of amides is 1. The Bertz CT molecular complexity index is 929. The number of hydrogen-bond donors (Lipinski definition) is 2. The third kappa shape index (κ3) is 3.64. The normalized spacial score (nSPS) is 11.7. The first-order valence-electron chi connectivity index (χ1n) is 7.30. The SMILES string of the molecule is C[C@H](Sc1nnc(-c2ccco2)n1N)C(=O)Nc1cccc(C#N)c1. The summed E-state index contributed by atoms with van der Waals surface area (Å²) >= 11 is 1.17. The first-order chi connectivity index (χ1) is 12.1. The summed E-state index contributed by atoms with van der Waals surface area (Å²) in [7, 11) is 0. The Kier molecular flexibility index (Phi) is 4.72. The van der Waals surface area contributed by atoms with Crippen molar-refractivity contribution in [1.82, 2.24) is 14.9 Å². The summed E-state index contributed by atoms with van der Waals surface area (Å²) in [6, 6.07) is 12.2. The van der Waals surface area contributed by atoms with E-state index >= 15 is 0 Å². The Morgan fingerprint density at radius 2 is 2.24 bits per heavy atom. The van der Waals surface area contributed by atoms with Crippen molar-refractivity contribution in [1.29, 1.82) is 5.26 Å². The number of nitrogens with zero attached hydrogens (tertiary/aromatic N) is 4. The summed E-state index contributed by atoms with van der Waals surface area (Å²) in [5.74, 6) is 6.61. The van der Waals surface area contributed by atoms with Crippen LogP contribution >= 0.6 is 11.8 Å². The maximum Gasteiger partial charge on any atom is 0.237 e. The topological polar surface area (TPSA) is 123 Å². The standard InChI is InChI=1S/C16H14N6O2S/c1-10(15(23)19-12-5-2-4-11(8-12)9-17)25-16-21-20-14(22(16)18)13-6-3-7-24-13/h2-8,10H,18H2,1H3,(H,19,23)/t10-/m0/s1. The molecule has 3 N–H and O–H groups in total. The number of carbonyl (C=O) groups is 1. The third-order valence-corrected chi connectivity index (χ3v) is 4.37. The van der Waals surface area contributed by atoms with Crippen LogP contribution in [-0.2, 0) is 4.79 Å². The van der Waals surface area contributed by atoms with Gasteiger partial charge in [0, 0.05) is 5.69 Å². The van der Waals surface area contributed by atoms with Crippen LogP contribution < -0.4 is 11.2 Å². The van der Waals surface area contributed by atoms with Crippen LogP contribution in [0.4, 0.5) is 5.69 Å². The summed E-state index contributed by atoms with van der Waals surface area (Å²) in [6.07, 6.45) is 1.52. The van der Waals surface area contributed by atoms with Crippen LogP contribution in [0.2, 0.25) is 0 Å². The second kappa shape index (κ2) is 7.11. The maximum atomic E-state index is 12.3. The molecule has 0 unspecified atom stereocenters. The minimum Gasteiger partial charge on any atom is -0.461 e. The summed E-state index contributed by atoms with van der Waals surface area (Å²) in [4.78, 5) is 12.3. The average molecular weight is 354 g/mol. The number of nitrogens with two attached hydrogens (primary N) is 1. The van der Waals surface area contributed by atoms with E-state index in [0.29, 0.717) is 28.0 Å². The number of benzene rings is 1. The molecular formula is C16H14N6O2S. The van der Waals surface area contributed by atoms with E-state index in [1.807, 2.05) is 6.07 Å². The summed E-state index contributed by atoms with van der Waals surface area (Å²) in [5, 5.41) is 19.6. The van der Waals surface area contributed by atoms with E-state index in [1.165, 1.54) is 22.7 Å². The van der Waals surface area contributed by atoms with Gasteiger partial charge in [0.05, 0.1) is 23.1 Å². The Morgan fingerprint density at radius 3 is 2.96 bits per heavy atom. The second-order valence-electron chi connectivity index (χ2n) is 5.10. The number of rotatable bonds is 5. The number of aromatic nitrogens is 3. The Labute approximate surface area is 147 Å². The smallest absolute Gasteiger partial charge is 0.237 e. The van der Waals surface area contributed by atoms with Crippen LogP contribution in [0.25, 0.3) is 11.6 Å². The summed E-state index contributed by atoms with van der Waals surface area (Å²) in [5.41, 5.74) is 1.03. The van der Waals surface area contributed by atoms with E-state index in [4.69, 9.17) is 15.5 Å². The molecule has 3 rings (SSSR count). The molecule has 2 heterocycles. The molecule has 0 saturated carbocycles. The molecule has 0 bridgehead atoms. The highest BCUT2D eigenvalue weighted by molar-refractivity contribution is 8.00. The van der Waals surface area contributed by atoms with Crippen molar-refractivity contribution in [2.75, 3.05) is 11.2 Å². The van der Waals surface area contributed by atoms with Gasteiger partial charge in [-0.15, -0.1) is 10.2 Å². The second-order valence-corrected chi connectivity index (χ2v) is 6.40. The number of anilines is 1. The van der Waals surface area contributed by atoms with Gasteiger partial charge in [0.15, 0.2) is 5.76 Å². The minimum atomic E-state index is -0.471. The molecule has 8 nitrogen and oxygen atoms in total. The Hall–Kier alpha value is -3.25. The van der Waals surface area contributed by atoms with Crippen molar-refractivity contribution < 1.29 is 9.21 Å². The lowest BCUT2D eigenvalue weighted by Crippen LogP contribution is -2.23. The zero-order valence-electron chi connectivity index (χ0n) is 13.2.